The summed E-state index contributed by atoms with van der Waals surface area (Å²) in [5, 5.41) is 4.90. The van der Waals surface area contributed by atoms with Crippen LogP contribution in [0.25, 0.3) is 44.8 Å². The topological polar surface area (TPSA) is 6.48 Å². The van der Waals surface area contributed by atoms with Crippen LogP contribution >= 0.6 is 0 Å². The van der Waals surface area contributed by atoms with Gasteiger partial charge in [-0.1, -0.05) is 195 Å². The molecule has 10 rings (SSSR count). The van der Waals surface area contributed by atoms with Gasteiger partial charge in [-0.05, 0) is 167 Å². The molecule has 0 amide bonds. The third-order valence-electron chi connectivity index (χ3n) is 13.8. The smallest absolute Gasteiger partial charge is 0.0540 e. The molecule has 0 radical (unpaired) electrons. The monoisotopic (exact) mass is 904 g/mol. The van der Waals surface area contributed by atoms with Gasteiger partial charge < -0.3 is 9.80 Å². The number of anilines is 6. The predicted octanol–water partition coefficient (Wildman–Crippen LogP) is 19.0. The number of hydrogen-bond acceptors (Lipinski definition) is 2. The molecule has 0 bridgehead atoms. The van der Waals surface area contributed by atoms with Crippen LogP contribution in [0.5, 0.6) is 0 Å². The van der Waals surface area contributed by atoms with E-state index in [1.54, 1.807) is 0 Å². The Morgan fingerprint density at radius 2 is 0.657 bits per heavy atom. The molecule has 0 atom stereocenters. The molecular weight excluding hydrogens is 845 g/mol. The fourth-order valence-corrected chi connectivity index (χ4v) is 9.90. The third-order valence-corrected chi connectivity index (χ3v) is 13.8. The minimum atomic E-state index is 1.06. The third kappa shape index (κ3) is 10.6. The summed E-state index contributed by atoms with van der Waals surface area (Å²) in [5.41, 5.74) is 17.1. The molecule has 0 heterocycles. The second kappa shape index (κ2) is 21.8. The largest absolute Gasteiger partial charge is 0.310 e. The van der Waals surface area contributed by atoms with Crippen LogP contribution in [0.15, 0.2) is 244 Å². The average Bonchev–Trinajstić information content (AvgIpc) is 3.43. The van der Waals surface area contributed by atoms with E-state index < -0.39 is 0 Å². The molecule has 0 spiro atoms. The summed E-state index contributed by atoms with van der Waals surface area (Å²) >= 11 is 0. The van der Waals surface area contributed by atoms with Crippen molar-refractivity contribution in [3.63, 3.8) is 0 Å². The van der Waals surface area contributed by atoms with Gasteiger partial charge in [0.1, 0.15) is 0 Å². The van der Waals surface area contributed by atoms with Gasteiger partial charge >= 0.3 is 0 Å². The zero-order valence-corrected chi connectivity index (χ0v) is 40.1. The number of nitrogens with zero attached hydrogens (tertiary/aromatic N) is 2. The van der Waals surface area contributed by atoms with E-state index >= 15 is 0 Å². The first-order chi connectivity index (χ1) is 34.6. The number of aryl methyl sites for hydroxylation is 4. The summed E-state index contributed by atoms with van der Waals surface area (Å²) in [6.07, 6.45) is 12.8. The first-order valence-electron chi connectivity index (χ1n) is 25.0. The molecule has 0 unspecified atom stereocenters. The Hall–Kier alpha value is -8.20. The molecule has 0 aliphatic carbocycles. The maximum absolute atomic E-state index is 3.94. The lowest BCUT2D eigenvalue weighted by atomic mass is 10.0. The summed E-state index contributed by atoms with van der Waals surface area (Å²) < 4.78 is 0. The summed E-state index contributed by atoms with van der Waals surface area (Å²) in [7, 11) is 0. The number of benzene rings is 10. The number of fused-ring (bicyclic) bond motifs is 2. The fraction of sp³-hybridized carbons (Fsp3) is 0.118. The Kier molecular flexibility index (Phi) is 14.2. The van der Waals surface area contributed by atoms with Crippen LogP contribution in [-0.2, 0) is 25.7 Å². The van der Waals surface area contributed by atoms with Gasteiger partial charge in [-0.25, -0.2) is 0 Å². The quantitative estimate of drug-likeness (QED) is 0.0746. The summed E-state index contributed by atoms with van der Waals surface area (Å²) in [6.45, 7) is 7.82. The molecule has 0 saturated heterocycles. The van der Waals surface area contributed by atoms with Crippen LogP contribution in [0.2, 0.25) is 0 Å². The van der Waals surface area contributed by atoms with Crippen molar-refractivity contribution >= 4 is 67.8 Å². The molecule has 2 nitrogen and oxygen atoms in total. The Morgan fingerprint density at radius 1 is 0.300 bits per heavy atom. The van der Waals surface area contributed by atoms with Crippen molar-refractivity contribution in [1.29, 1.82) is 0 Å². The maximum Gasteiger partial charge on any atom is 0.0540 e. The van der Waals surface area contributed by atoms with E-state index in [1.165, 1.54) is 66.1 Å². The first kappa shape index (κ1) is 45.6. The molecule has 0 N–H and O–H groups in total. The molecule has 0 aromatic heterocycles. The van der Waals surface area contributed by atoms with Crippen molar-refractivity contribution in [2.75, 3.05) is 9.80 Å². The van der Waals surface area contributed by atoms with E-state index in [0.717, 1.165) is 85.5 Å². The average molecular weight is 905 g/mol. The fourth-order valence-electron chi connectivity index (χ4n) is 9.90. The SMILES string of the molecule is C=Cc1ccc(CCCCc2ccc(N(c3ccc(-c4ccc(N(c5ccc(CCCCc6cccc(C=C)c6)cc5)c5cccc6ccccc56)cc4)cc3)c3cccc4ccccc34)cc2)cc1. The highest BCUT2D eigenvalue weighted by Gasteiger charge is 2.18. The minimum absolute atomic E-state index is 1.06. The van der Waals surface area contributed by atoms with Gasteiger partial charge in [-0.15, -0.1) is 0 Å². The van der Waals surface area contributed by atoms with Crippen molar-refractivity contribution in [3.05, 3.63) is 277 Å². The molecule has 0 fully saturated rings. The van der Waals surface area contributed by atoms with Gasteiger partial charge in [0.05, 0.1) is 11.4 Å². The number of unbranched alkanes of at least 4 members (excludes halogenated alkanes) is 2. The summed E-state index contributed by atoms with van der Waals surface area (Å²) in [4.78, 5) is 4.81. The molecule has 70 heavy (non-hydrogen) atoms. The van der Waals surface area contributed by atoms with E-state index in [-0.39, 0.29) is 0 Å². The van der Waals surface area contributed by atoms with Crippen LogP contribution in [0.4, 0.5) is 34.1 Å². The molecule has 10 aromatic rings. The minimum Gasteiger partial charge on any atom is -0.310 e. The van der Waals surface area contributed by atoms with Crippen molar-refractivity contribution in [2.24, 2.45) is 0 Å². The molecule has 0 saturated carbocycles. The Labute approximate surface area is 415 Å². The summed E-state index contributed by atoms with van der Waals surface area (Å²) in [6, 6.07) is 84.6. The molecular formula is C68H60N2. The van der Waals surface area contributed by atoms with Crippen LogP contribution in [-0.4, -0.2) is 0 Å². The van der Waals surface area contributed by atoms with E-state index in [9.17, 15) is 0 Å². The van der Waals surface area contributed by atoms with Crippen molar-refractivity contribution in [2.45, 2.75) is 51.4 Å². The van der Waals surface area contributed by atoms with E-state index in [1.807, 2.05) is 12.2 Å². The first-order valence-corrected chi connectivity index (χ1v) is 25.0. The van der Waals surface area contributed by atoms with E-state index in [0.29, 0.717) is 0 Å². The molecule has 342 valence electrons. The van der Waals surface area contributed by atoms with Gasteiger partial charge in [-0.2, -0.15) is 0 Å². The zero-order valence-electron chi connectivity index (χ0n) is 40.1. The molecule has 10 aromatic carbocycles. The maximum atomic E-state index is 3.94. The Balaban J connectivity index is 0.881. The lowest BCUT2D eigenvalue weighted by Crippen LogP contribution is -2.11. The van der Waals surface area contributed by atoms with Crippen LogP contribution < -0.4 is 9.80 Å². The van der Waals surface area contributed by atoms with Gasteiger partial charge in [0.2, 0.25) is 0 Å². The predicted molar refractivity (Wildman–Crippen MR) is 303 cm³/mol. The standard InChI is InChI=1S/C68H60N2/c1-3-51-30-32-53(33-31-51)16-5-6-17-54-34-42-61(43-35-54)69(67-28-14-24-59-22-9-11-26-65(59)67)63-46-38-57(39-47-63)58-40-48-64(49-41-58)70(68-29-15-25-60-23-10-12-27-66(60)68)62-44-36-55(37-45-62)18-7-8-19-56-21-13-20-52(4-2)50-56/h3-4,9-15,20-50H,1-2,5-8,16-19H2. The van der Waals surface area contributed by atoms with Gasteiger partial charge in [0.25, 0.3) is 0 Å². The van der Waals surface area contributed by atoms with Crippen molar-refractivity contribution in [3.8, 4) is 11.1 Å². The highest BCUT2D eigenvalue weighted by molar-refractivity contribution is 6.00. The summed E-state index contributed by atoms with van der Waals surface area (Å²) in [5.74, 6) is 0. The molecule has 0 aliphatic heterocycles. The second-order valence-electron chi connectivity index (χ2n) is 18.4. The second-order valence-corrected chi connectivity index (χ2v) is 18.4. The molecule has 2 heteroatoms. The Bertz CT molecular complexity index is 3320. The highest BCUT2D eigenvalue weighted by atomic mass is 15.1. The van der Waals surface area contributed by atoms with Gasteiger partial charge in [0, 0.05) is 33.5 Å². The van der Waals surface area contributed by atoms with Gasteiger partial charge in [0.15, 0.2) is 0 Å². The van der Waals surface area contributed by atoms with Crippen LogP contribution in [0.1, 0.15) is 59.1 Å². The lowest BCUT2D eigenvalue weighted by molar-refractivity contribution is 0.734. The van der Waals surface area contributed by atoms with Crippen molar-refractivity contribution in [1.82, 2.24) is 0 Å². The van der Waals surface area contributed by atoms with Crippen LogP contribution in [0, 0.1) is 0 Å². The van der Waals surface area contributed by atoms with E-state index in [4.69, 9.17) is 0 Å². The zero-order chi connectivity index (χ0) is 47.5. The Morgan fingerprint density at radius 3 is 1.09 bits per heavy atom. The lowest BCUT2D eigenvalue weighted by Gasteiger charge is -2.28. The van der Waals surface area contributed by atoms with E-state index in [2.05, 4.69) is 253 Å². The van der Waals surface area contributed by atoms with Gasteiger partial charge in [-0.3, -0.25) is 0 Å². The van der Waals surface area contributed by atoms with Crippen molar-refractivity contribution < 1.29 is 0 Å². The van der Waals surface area contributed by atoms with Crippen LogP contribution in [0.3, 0.4) is 0 Å². The normalized spacial score (nSPS) is 11.1. The number of hydrogen-bond donors (Lipinski definition) is 0. The highest BCUT2D eigenvalue weighted by Crippen LogP contribution is 2.42. The molecule has 0 aliphatic rings. The number of rotatable bonds is 19.